The molecule has 1 aromatic carbocycles. The van der Waals surface area contributed by atoms with Crippen LogP contribution in [0.4, 0.5) is 14.5 Å². The molecular formula is C12H10F2N4O3. The van der Waals surface area contributed by atoms with Crippen molar-refractivity contribution in [2.75, 3.05) is 0 Å². The van der Waals surface area contributed by atoms with Gasteiger partial charge in [0.05, 0.1) is 23.1 Å². The first-order chi connectivity index (χ1) is 9.90. The largest absolute Gasteiger partial charge is 0.345 e. The summed E-state index contributed by atoms with van der Waals surface area (Å²) in [7, 11) is 1.71. The molecule has 9 heteroatoms. The van der Waals surface area contributed by atoms with Crippen molar-refractivity contribution in [1.29, 1.82) is 0 Å². The molecule has 2 rings (SSSR count). The molecule has 21 heavy (non-hydrogen) atoms. The second kappa shape index (κ2) is 5.65. The van der Waals surface area contributed by atoms with Gasteiger partial charge in [-0.1, -0.05) is 0 Å². The molecule has 0 bridgehead atoms. The Morgan fingerprint density at radius 3 is 2.71 bits per heavy atom. The molecule has 7 nitrogen and oxygen atoms in total. The number of nitro benzene ring substituents is 1. The second-order valence-electron chi connectivity index (χ2n) is 4.18. The van der Waals surface area contributed by atoms with Crippen LogP contribution < -0.4 is 5.32 Å². The summed E-state index contributed by atoms with van der Waals surface area (Å²) in [5.74, 6) is -2.81. The van der Waals surface area contributed by atoms with Gasteiger partial charge < -0.3 is 9.88 Å². The summed E-state index contributed by atoms with van der Waals surface area (Å²) in [5, 5.41) is 12.8. The van der Waals surface area contributed by atoms with Crippen molar-refractivity contribution >= 4 is 11.6 Å². The van der Waals surface area contributed by atoms with Crippen molar-refractivity contribution in [2.45, 2.75) is 6.54 Å². The Morgan fingerprint density at radius 1 is 1.43 bits per heavy atom. The van der Waals surface area contributed by atoms with E-state index in [0.717, 1.165) is 0 Å². The number of imidazole rings is 1. The summed E-state index contributed by atoms with van der Waals surface area (Å²) >= 11 is 0. The maximum Gasteiger partial charge on any atom is 0.307 e. The van der Waals surface area contributed by atoms with Crippen molar-refractivity contribution in [3.05, 3.63) is 57.7 Å². The molecule has 0 atom stereocenters. The molecule has 1 N–H and O–H groups in total. The summed E-state index contributed by atoms with van der Waals surface area (Å²) in [4.78, 5) is 25.1. The van der Waals surface area contributed by atoms with Gasteiger partial charge in [0.15, 0.2) is 0 Å². The molecular weight excluding hydrogens is 286 g/mol. The SMILES string of the molecule is Cn1ccnc1CNC(=O)c1cc(F)c([N+](=O)[O-])cc1F. The number of nitrogens with one attached hydrogen (secondary N) is 1. The van der Waals surface area contributed by atoms with Gasteiger partial charge in [-0.15, -0.1) is 0 Å². The molecule has 2 aromatic rings. The van der Waals surface area contributed by atoms with Gasteiger partial charge in [-0.3, -0.25) is 14.9 Å². The Morgan fingerprint density at radius 2 is 2.14 bits per heavy atom. The minimum absolute atomic E-state index is 0.0143. The molecule has 0 saturated carbocycles. The Bertz CT molecular complexity index is 715. The number of benzene rings is 1. The molecule has 0 aliphatic heterocycles. The van der Waals surface area contributed by atoms with Gasteiger partial charge in [-0.2, -0.15) is 4.39 Å². The van der Waals surface area contributed by atoms with Crippen LogP contribution >= 0.6 is 0 Å². The third-order valence-corrected chi connectivity index (χ3v) is 2.81. The fourth-order valence-electron chi connectivity index (χ4n) is 1.67. The third kappa shape index (κ3) is 3.02. The van der Waals surface area contributed by atoms with Crippen molar-refractivity contribution in [1.82, 2.24) is 14.9 Å². The summed E-state index contributed by atoms with van der Waals surface area (Å²) < 4.78 is 28.7. The van der Waals surface area contributed by atoms with Crippen molar-refractivity contribution < 1.29 is 18.5 Å². The van der Waals surface area contributed by atoms with E-state index in [1.54, 1.807) is 17.8 Å². The molecule has 110 valence electrons. The van der Waals surface area contributed by atoms with E-state index in [-0.39, 0.29) is 6.54 Å². The van der Waals surface area contributed by atoms with E-state index in [0.29, 0.717) is 18.0 Å². The van der Waals surface area contributed by atoms with Crippen LogP contribution in [-0.4, -0.2) is 20.4 Å². The Labute approximate surface area is 117 Å². The number of carbonyl (C=O) groups excluding carboxylic acids is 1. The van der Waals surface area contributed by atoms with E-state index in [1.807, 2.05) is 0 Å². The fourth-order valence-corrected chi connectivity index (χ4v) is 1.67. The molecule has 0 unspecified atom stereocenters. The first-order valence-electron chi connectivity index (χ1n) is 5.78. The molecule has 0 radical (unpaired) electrons. The maximum atomic E-state index is 13.6. The highest BCUT2D eigenvalue weighted by atomic mass is 19.1. The number of nitrogens with zero attached hydrogens (tertiary/aromatic N) is 3. The monoisotopic (exact) mass is 296 g/mol. The highest BCUT2D eigenvalue weighted by Crippen LogP contribution is 2.21. The minimum Gasteiger partial charge on any atom is -0.345 e. The zero-order valence-corrected chi connectivity index (χ0v) is 10.8. The lowest BCUT2D eigenvalue weighted by Crippen LogP contribution is -2.25. The summed E-state index contributed by atoms with van der Waals surface area (Å²) in [5.41, 5.74) is -1.62. The van der Waals surface area contributed by atoms with Crippen molar-refractivity contribution in [2.24, 2.45) is 7.05 Å². The zero-order chi connectivity index (χ0) is 15.6. The van der Waals surface area contributed by atoms with E-state index >= 15 is 0 Å². The molecule has 0 fully saturated rings. The van der Waals surface area contributed by atoms with Gasteiger partial charge in [0, 0.05) is 19.4 Å². The maximum absolute atomic E-state index is 13.6. The molecule has 0 aliphatic rings. The average Bonchev–Trinajstić information content (AvgIpc) is 2.83. The standard InChI is InChI=1S/C12H10F2N4O3/c1-17-3-2-15-11(17)6-16-12(19)7-4-9(14)10(18(20)21)5-8(7)13/h2-5H,6H2,1H3,(H,16,19). The summed E-state index contributed by atoms with van der Waals surface area (Å²) in [6.45, 7) is 0.0143. The van der Waals surface area contributed by atoms with Gasteiger partial charge in [-0.05, 0) is 6.07 Å². The second-order valence-corrected chi connectivity index (χ2v) is 4.18. The molecule has 0 saturated heterocycles. The summed E-state index contributed by atoms with van der Waals surface area (Å²) in [6.07, 6.45) is 3.18. The number of hydrogen-bond donors (Lipinski definition) is 1. The van der Waals surface area contributed by atoms with Gasteiger partial charge in [-0.25, -0.2) is 9.37 Å². The van der Waals surface area contributed by atoms with E-state index in [9.17, 15) is 23.7 Å². The first-order valence-corrected chi connectivity index (χ1v) is 5.78. The van der Waals surface area contributed by atoms with E-state index in [2.05, 4.69) is 10.3 Å². The normalized spacial score (nSPS) is 10.4. The van der Waals surface area contributed by atoms with Gasteiger partial charge in [0.1, 0.15) is 11.6 Å². The first kappa shape index (κ1) is 14.6. The molecule has 1 aromatic heterocycles. The van der Waals surface area contributed by atoms with E-state index in [1.165, 1.54) is 6.20 Å². The average molecular weight is 296 g/mol. The molecule has 0 spiro atoms. The number of rotatable bonds is 4. The van der Waals surface area contributed by atoms with Crippen LogP contribution in [0.5, 0.6) is 0 Å². The third-order valence-electron chi connectivity index (χ3n) is 2.81. The molecule has 1 heterocycles. The van der Waals surface area contributed by atoms with Gasteiger partial charge in [0.25, 0.3) is 5.91 Å². The molecule has 1 amide bonds. The Hall–Kier alpha value is -2.84. The number of aryl methyl sites for hydroxylation is 1. The van der Waals surface area contributed by atoms with Crippen LogP contribution in [0.25, 0.3) is 0 Å². The highest BCUT2D eigenvalue weighted by molar-refractivity contribution is 5.94. The highest BCUT2D eigenvalue weighted by Gasteiger charge is 2.22. The summed E-state index contributed by atoms with van der Waals surface area (Å²) in [6, 6.07) is 0.881. The Kier molecular flexibility index (Phi) is 3.92. The molecule has 0 aliphatic carbocycles. The van der Waals surface area contributed by atoms with Gasteiger partial charge in [0.2, 0.25) is 5.82 Å². The van der Waals surface area contributed by atoms with Crippen LogP contribution in [0.3, 0.4) is 0 Å². The predicted octanol–water partition coefficient (Wildman–Crippen LogP) is 1.54. The lowest BCUT2D eigenvalue weighted by atomic mass is 10.1. The quantitative estimate of drug-likeness (QED) is 0.684. The predicted molar refractivity (Wildman–Crippen MR) is 67.4 cm³/mol. The van der Waals surface area contributed by atoms with Crippen molar-refractivity contribution in [3.8, 4) is 0 Å². The number of amides is 1. The fraction of sp³-hybridized carbons (Fsp3) is 0.167. The van der Waals surface area contributed by atoms with Crippen LogP contribution in [0, 0.1) is 21.7 Å². The van der Waals surface area contributed by atoms with E-state index in [4.69, 9.17) is 0 Å². The van der Waals surface area contributed by atoms with E-state index < -0.39 is 33.7 Å². The van der Waals surface area contributed by atoms with Crippen molar-refractivity contribution in [3.63, 3.8) is 0 Å². The zero-order valence-electron chi connectivity index (χ0n) is 10.8. The minimum atomic E-state index is -1.27. The van der Waals surface area contributed by atoms with Crippen LogP contribution in [0.1, 0.15) is 16.2 Å². The number of aromatic nitrogens is 2. The number of nitro groups is 1. The lowest BCUT2D eigenvalue weighted by molar-refractivity contribution is -0.387. The topological polar surface area (TPSA) is 90.1 Å². The number of halogens is 2. The smallest absolute Gasteiger partial charge is 0.307 e. The lowest BCUT2D eigenvalue weighted by Gasteiger charge is -2.06. The van der Waals surface area contributed by atoms with Crippen LogP contribution in [0.15, 0.2) is 24.5 Å². The number of hydrogen-bond acceptors (Lipinski definition) is 4. The van der Waals surface area contributed by atoms with Crippen LogP contribution in [0.2, 0.25) is 0 Å². The Balaban J connectivity index is 2.18. The van der Waals surface area contributed by atoms with Gasteiger partial charge >= 0.3 is 5.69 Å². The van der Waals surface area contributed by atoms with Crippen LogP contribution in [-0.2, 0) is 13.6 Å². The number of carbonyl (C=O) groups is 1.